The van der Waals surface area contributed by atoms with E-state index in [-0.39, 0.29) is 0 Å². The van der Waals surface area contributed by atoms with Crippen molar-refractivity contribution in [3.8, 4) is 0 Å². The molecule has 1 aromatic heterocycles. The fraction of sp³-hybridized carbons (Fsp3) is 0.921. The average Bonchev–Trinajstić information content (AvgIpc) is 3.35. The minimum atomic E-state index is 1.23. The summed E-state index contributed by atoms with van der Waals surface area (Å²) in [6.07, 6.45) is 47.4. The molecule has 0 aromatic carbocycles. The maximum absolute atomic E-state index is 2.63. The molecule has 0 bridgehead atoms. The molecular formula is C38H75N2+. The third-order valence-electron chi connectivity index (χ3n) is 9.10. The highest BCUT2D eigenvalue weighted by atomic mass is 15.1. The molecule has 2 heteroatoms. The lowest BCUT2D eigenvalue weighted by atomic mass is 10.0. The lowest BCUT2D eigenvalue weighted by Crippen LogP contribution is -2.37. The van der Waals surface area contributed by atoms with Gasteiger partial charge < -0.3 is 0 Å². The molecule has 0 saturated carbocycles. The summed E-state index contributed by atoms with van der Waals surface area (Å²) in [4.78, 5) is 0. The van der Waals surface area contributed by atoms with Crippen LogP contribution in [0.25, 0.3) is 0 Å². The second-order valence-electron chi connectivity index (χ2n) is 13.0. The van der Waals surface area contributed by atoms with E-state index in [1.54, 1.807) is 5.82 Å². The molecule has 0 aliphatic carbocycles. The molecule has 0 spiro atoms. The summed E-state index contributed by atoms with van der Waals surface area (Å²) in [6, 6.07) is 0. The predicted molar refractivity (Wildman–Crippen MR) is 179 cm³/mol. The van der Waals surface area contributed by atoms with E-state index in [1.807, 2.05) is 0 Å². The quantitative estimate of drug-likeness (QED) is 0.0613. The second kappa shape index (κ2) is 29.7. The van der Waals surface area contributed by atoms with E-state index in [9.17, 15) is 0 Å². The van der Waals surface area contributed by atoms with Crippen LogP contribution in [0.2, 0.25) is 0 Å². The molecule has 0 aliphatic heterocycles. The minimum absolute atomic E-state index is 1.23. The number of nitrogens with zero attached hydrogens (tertiary/aromatic N) is 2. The van der Waals surface area contributed by atoms with Crippen LogP contribution >= 0.6 is 0 Å². The van der Waals surface area contributed by atoms with Crippen LogP contribution in [0.1, 0.15) is 213 Å². The topological polar surface area (TPSA) is 8.81 Å². The molecule has 1 aromatic rings. The van der Waals surface area contributed by atoms with Gasteiger partial charge in [0.15, 0.2) is 0 Å². The van der Waals surface area contributed by atoms with Crippen molar-refractivity contribution in [2.45, 2.75) is 226 Å². The van der Waals surface area contributed by atoms with Crippen LogP contribution in [-0.2, 0) is 19.5 Å². The minimum Gasteiger partial charge on any atom is -0.234 e. The first-order chi connectivity index (χ1) is 19.8. The van der Waals surface area contributed by atoms with Crippen molar-refractivity contribution >= 4 is 0 Å². The first-order valence-corrected chi connectivity index (χ1v) is 18.9. The zero-order valence-electron chi connectivity index (χ0n) is 28.2. The number of unbranched alkanes of at least 4 members (excludes halogenated alkanes) is 26. The molecule has 0 atom stereocenters. The number of aryl methyl sites for hydroxylation is 2. The molecular weight excluding hydrogens is 484 g/mol. The number of imidazole rings is 1. The van der Waals surface area contributed by atoms with Gasteiger partial charge in [-0.1, -0.05) is 175 Å². The van der Waals surface area contributed by atoms with Crippen LogP contribution in [0.5, 0.6) is 0 Å². The molecule has 0 radical (unpaired) electrons. The summed E-state index contributed by atoms with van der Waals surface area (Å²) >= 11 is 0. The van der Waals surface area contributed by atoms with Gasteiger partial charge in [0.05, 0.1) is 13.1 Å². The Morgan fingerprint density at radius 2 is 0.775 bits per heavy atom. The van der Waals surface area contributed by atoms with Crippen LogP contribution in [0.4, 0.5) is 0 Å². The SMILES string of the molecule is CCCCCCCCCCCCCc1n(CCCCCCCCCCCCC)cc[n+]1CCCCCCCCC. The first-order valence-electron chi connectivity index (χ1n) is 18.9. The molecule has 236 valence electrons. The van der Waals surface area contributed by atoms with E-state index in [0.29, 0.717) is 0 Å². The summed E-state index contributed by atoms with van der Waals surface area (Å²) in [6.45, 7) is 9.40. The van der Waals surface area contributed by atoms with E-state index in [1.165, 1.54) is 206 Å². The molecule has 0 saturated heterocycles. The van der Waals surface area contributed by atoms with Gasteiger partial charge in [0.2, 0.25) is 0 Å². The fourth-order valence-corrected chi connectivity index (χ4v) is 6.33. The average molecular weight is 560 g/mol. The van der Waals surface area contributed by atoms with Crippen molar-refractivity contribution in [3.05, 3.63) is 18.2 Å². The molecule has 1 heterocycles. The van der Waals surface area contributed by atoms with Gasteiger partial charge in [-0.2, -0.15) is 0 Å². The second-order valence-corrected chi connectivity index (χ2v) is 13.0. The normalized spacial score (nSPS) is 11.6. The molecule has 1 rings (SSSR count). The molecule has 0 N–H and O–H groups in total. The van der Waals surface area contributed by atoms with Gasteiger partial charge in [-0.15, -0.1) is 0 Å². The summed E-state index contributed by atoms with van der Waals surface area (Å²) < 4.78 is 5.26. The van der Waals surface area contributed by atoms with Crippen LogP contribution in [0, 0.1) is 0 Å². The highest BCUT2D eigenvalue weighted by Crippen LogP contribution is 2.15. The van der Waals surface area contributed by atoms with Crippen LogP contribution < -0.4 is 4.57 Å². The number of rotatable bonds is 32. The highest BCUT2D eigenvalue weighted by Gasteiger charge is 2.16. The zero-order chi connectivity index (χ0) is 28.8. The van der Waals surface area contributed by atoms with Gasteiger partial charge in [0.1, 0.15) is 12.4 Å². The van der Waals surface area contributed by atoms with E-state index >= 15 is 0 Å². The predicted octanol–water partition coefficient (Wildman–Crippen LogP) is 12.7. The van der Waals surface area contributed by atoms with Crippen molar-refractivity contribution in [2.24, 2.45) is 0 Å². The largest absolute Gasteiger partial charge is 0.256 e. The van der Waals surface area contributed by atoms with Gasteiger partial charge in [-0.3, -0.25) is 0 Å². The maximum Gasteiger partial charge on any atom is 0.256 e. The van der Waals surface area contributed by atoms with Crippen molar-refractivity contribution in [3.63, 3.8) is 0 Å². The van der Waals surface area contributed by atoms with Gasteiger partial charge in [-0.05, 0) is 32.1 Å². The van der Waals surface area contributed by atoms with E-state index in [4.69, 9.17) is 0 Å². The van der Waals surface area contributed by atoms with Crippen molar-refractivity contribution in [2.75, 3.05) is 0 Å². The van der Waals surface area contributed by atoms with Crippen molar-refractivity contribution < 1.29 is 4.57 Å². The molecule has 0 amide bonds. The Morgan fingerprint density at radius 3 is 1.20 bits per heavy atom. The molecule has 2 nitrogen and oxygen atoms in total. The summed E-state index contributed by atoms with van der Waals surface area (Å²) in [5, 5.41) is 0. The van der Waals surface area contributed by atoms with Crippen LogP contribution in [-0.4, -0.2) is 4.57 Å². The number of hydrogen-bond acceptors (Lipinski definition) is 0. The van der Waals surface area contributed by atoms with Crippen molar-refractivity contribution in [1.82, 2.24) is 4.57 Å². The molecule has 0 unspecified atom stereocenters. The maximum atomic E-state index is 2.63. The Balaban J connectivity index is 2.31. The van der Waals surface area contributed by atoms with E-state index < -0.39 is 0 Å². The van der Waals surface area contributed by atoms with E-state index in [0.717, 1.165) is 0 Å². The Labute approximate surface area is 253 Å². The smallest absolute Gasteiger partial charge is 0.234 e. The highest BCUT2D eigenvalue weighted by molar-refractivity contribution is 4.84. The molecule has 0 aliphatic rings. The zero-order valence-corrected chi connectivity index (χ0v) is 28.2. The molecule has 0 fully saturated rings. The Hall–Kier alpha value is -0.790. The third kappa shape index (κ3) is 21.9. The lowest BCUT2D eigenvalue weighted by Gasteiger charge is -2.07. The van der Waals surface area contributed by atoms with Crippen LogP contribution in [0.3, 0.4) is 0 Å². The third-order valence-corrected chi connectivity index (χ3v) is 9.10. The summed E-state index contributed by atoms with van der Waals surface area (Å²) in [5.41, 5.74) is 0. The van der Waals surface area contributed by atoms with Crippen LogP contribution in [0.15, 0.2) is 12.4 Å². The standard InChI is InChI=1S/C38H75N2/c1-4-7-10-13-16-18-20-22-24-27-30-33-38-39(34-31-28-25-15-12-9-6-3)36-37-40(38)35-32-29-26-23-21-19-17-14-11-8-5-2/h36-37H,4-35H2,1-3H3/q+1. The monoisotopic (exact) mass is 560 g/mol. The first kappa shape index (κ1) is 37.2. The number of hydrogen-bond donors (Lipinski definition) is 0. The Morgan fingerprint density at radius 1 is 0.425 bits per heavy atom. The Bertz CT molecular complexity index is 619. The lowest BCUT2D eigenvalue weighted by molar-refractivity contribution is -0.704. The summed E-state index contributed by atoms with van der Waals surface area (Å²) in [7, 11) is 0. The fourth-order valence-electron chi connectivity index (χ4n) is 6.33. The Kier molecular flexibility index (Phi) is 27.6. The van der Waals surface area contributed by atoms with Crippen molar-refractivity contribution in [1.29, 1.82) is 0 Å². The van der Waals surface area contributed by atoms with Gasteiger partial charge >= 0.3 is 0 Å². The van der Waals surface area contributed by atoms with Gasteiger partial charge in [-0.25, -0.2) is 9.13 Å². The van der Waals surface area contributed by atoms with Gasteiger partial charge in [0, 0.05) is 6.42 Å². The van der Waals surface area contributed by atoms with E-state index in [2.05, 4.69) is 42.3 Å². The van der Waals surface area contributed by atoms with Gasteiger partial charge in [0.25, 0.3) is 5.82 Å². The molecule has 40 heavy (non-hydrogen) atoms. The summed E-state index contributed by atoms with van der Waals surface area (Å²) in [5.74, 6) is 1.62. The number of aromatic nitrogens is 2.